The van der Waals surface area contributed by atoms with Gasteiger partial charge in [0.25, 0.3) is 5.91 Å². The molecule has 4 rings (SSSR count). The molecule has 1 N–H and O–H groups in total. The highest BCUT2D eigenvalue weighted by Crippen LogP contribution is 2.27. The van der Waals surface area contributed by atoms with Gasteiger partial charge in [-0.05, 0) is 58.1 Å². The van der Waals surface area contributed by atoms with Gasteiger partial charge >= 0.3 is 0 Å². The number of nitrogens with one attached hydrogen (secondary N) is 1. The summed E-state index contributed by atoms with van der Waals surface area (Å²) in [5.74, 6) is 2.04. The average Bonchev–Trinajstić information content (AvgIpc) is 3.17. The molecule has 0 saturated carbocycles. The summed E-state index contributed by atoms with van der Waals surface area (Å²) in [6, 6.07) is 4.38. The van der Waals surface area contributed by atoms with Gasteiger partial charge in [0.15, 0.2) is 5.69 Å². The lowest BCUT2D eigenvalue weighted by atomic mass is 9.91. The zero-order valence-electron chi connectivity index (χ0n) is 17.2. The van der Waals surface area contributed by atoms with E-state index in [2.05, 4.69) is 12.2 Å². The van der Waals surface area contributed by atoms with Crippen LogP contribution in [0.25, 0.3) is 0 Å². The molecule has 152 valence electrons. The predicted molar refractivity (Wildman–Crippen MR) is 108 cm³/mol. The molecule has 1 amide bonds. The van der Waals surface area contributed by atoms with Crippen LogP contribution in [0.15, 0.2) is 16.5 Å². The van der Waals surface area contributed by atoms with Crippen molar-refractivity contribution in [1.29, 1.82) is 0 Å². The summed E-state index contributed by atoms with van der Waals surface area (Å²) >= 11 is 0. The van der Waals surface area contributed by atoms with Crippen molar-refractivity contribution < 1.29 is 9.21 Å². The predicted octanol–water partition coefficient (Wildman–Crippen LogP) is 3.47. The van der Waals surface area contributed by atoms with Crippen LogP contribution in [0, 0.1) is 6.92 Å². The Balaban J connectivity index is 1.50. The third kappa shape index (κ3) is 4.02. The van der Waals surface area contributed by atoms with Gasteiger partial charge in [0.2, 0.25) is 0 Å². The Kier molecular flexibility index (Phi) is 5.85. The molecule has 28 heavy (non-hydrogen) atoms. The Morgan fingerprint density at radius 2 is 2.04 bits per heavy atom. The van der Waals surface area contributed by atoms with Crippen LogP contribution in [-0.4, -0.2) is 39.7 Å². The first-order valence-corrected chi connectivity index (χ1v) is 10.8. The van der Waals surface area contributed by atoms with Crippen LogP contribution in [0.3, 0.4) is 0 Å². The van der Waals surface area contributed by atoms with Crippen molar-refractivity contribution in [2.24, 2.45) is 0 Å². The topological polar surface area (TPSA) is 63.3 Å². The van der Waals surface area contributed by atoms with Gasteiger partial charge in [0.1, 0.15) is 11.5 Å². The van der Waals surface area contributed by atoms with E-state index in [1.807, 2.05) is 28.6 Å². The van der Waals surface area contributed by atoms with E-state index in [9.17, 15) is 4.79 Å². The number of amides is 1. The van der Waals surface area contributed by atoms with E-state index in [1.165, 1.54) is 18.5 Å². The second kappa shape index (κ2) is 8.52. The van der Waals surface area contributed by atoms with E-state index in [4.69, 9.17) is 9.52 Å². The number of aryl methyl sites for hydroxylation is 2. The first-order valence-electron chi connectivity index (χ1n) is 10.8. The molecule has 0 radical (unpaired) electrons. The summed E-state index contributed by atoms with van der Waals surface area (Å²) in [5.41, 5.74) is 3.11. The molecule has 6 nitrogen and oxygen atoms in total. The minimum atomic E-state index is 0.132. The highest BCUT2D eigenvalue weighted by Gasteiger charge is 2.31. The summed E-state index contributed by atoms with van der Waals surface area (Å²) < 4.78 is 7.73. The van der Waals surface area contributed by atoms with E-state index < -0.39 is 0 Å². The van der Waals surface area contributed by atoms with Crippen LogP contribution in [-0.2, 0) is 25.9 Å². The SMILES string of the molecule is CCn1nc(C(=O)N2CCCCCC2)c2c1CCC(NCc1ccc(C)o1)C2. The largest absolute Gasteiger partial charge is 0.465 e. The standard InChI is InChI=1S/C22H32N4O2/c1-3-26-20-11-9-17(23-15-18-10-8-16(2)28-18)14-19(20)21(24-26)22(27)25-12-6-4-5-7-13-25/h8,10,17,23H,3-7,9,11-15H2,1-2H3. The van der Waals surface area contributed by atoms with Gasteiger partial charge in [-0.1, -0.05) is 12.8 Å². The van der Waals surface area contributed by atoms with Crippen LogP contribution in [0.5, 0.6) is 0 Å². The van der Waals surface area contributed by atoms with Crippen molar-refractivity contribution >= 4 is 5.91 Å². The highest BCUT2D eigenvalue weighted by molar-refractivity contribution is 5.94. The van der Waals surface area contributed by atoms with Gasteiger partial charge in [-0.2, -0.15) is 5.10 Å². The maximum absolute atomic E-state index is 13.3. The van der Waals surface area contributed by atoms with Crippen molar-refractivity contribution in [2.75, 3.05) is 13.1 Å². The van der Waals surface area contributed by atoms with Crippen LogP contribution < -0.4 is 5.32 Å². The summed E-state index contributed by atoms with van der Waals surface area (Å²) in [6.45, 7) is 7.36. The minimum absolute atomic E-state index is 0.132. The normalized spacial score (nSPS) is 20.1. The van der Waals surface area contributed by atoms with E-state index in [1.54, 1.807) is 0 Å². The second-order valence-electron chi connectivity index (χ2n) is 8.13. The molecule has 6 heteroatoms. The summed E-state index contributed by atoms with van der Waals surface area (Å²) in [5, 5.41) is 8.37. The van der Waals surface area contributed by atoms with Crippen molar-refractivity contribution in [3.8, 4) is 0 Å². The van der Waals surface area contributed by atoms with Crippen molar-refractivity contribution in [3.05, 3.63) is 40.6 Å². The fourth-order valence-electron chi connectivity index (χ4n) is 4.54. The second-order valence-corrected chi connectivity index (χ2v) is 8.13. The Hall–Kier alpha value is -2.08. The number of fused-ring (bicyclic) bond motifs is 1. The number of nitrogens with zero attached hydrogens (tertiary/aromatic N) is 3. The summed E-state index contributed by atoms with van der Waals surface area (Å²) in [7, 11) is 0. The maximum atomic E-state index is 13.3. The summed E-state index contributed by atoms with van der Waals surface area (Å²) in [4.78, 5) is 15.3. The molecule has 1 fully saturated rings. The number of likely N-dealkylation sites (tertiary alicyclic amines) is 1. The maximum Gasteiger partial charge on any atom is 0.274 e. The zero-order valence-corrected chi connectivity index (χ0v) is 17.2. The number of hydrogen-bond donors (Lipinski definition) is 1. The Labute approximate surface area is 167 Å². The Morgan fingerprint density at radius 3 is 2.71 bits per heavy atom. The van der Waals surface area contributed by atoms with E-state index in [-0.39, 0.29) is 5.91 Å². The number of carbonyl (C=O) groups is 1. The van der Waals surface area contributed by atoms with Crippen molar-refractivity contribution in [2.45, 2.75) is 77.9 Å². The van der Waals surface area contributed by atoms with Crippen molar-refractivity contribution in [3.63, 3.8) is 0 Å². The van der Waals surface area contributed by atoms with E-state index >= 15 is 0 Å². The van der Waals surface area contributed by atoms with Crippen LogP contribution >= 0.6 is 0 Å². The molecule has 0 spiro atoms. The molecule has 3 heterocycles. The molecular formula is C22H32N4O2. The number of hydrogen-bond acceptors (Lipinski definition) is 4. The Bertz CT molecular complexity index is 815. The fraction of sp³-hybridized carbons (Fsp3) is 0.636. The molecule has 1 aliphatic carbocycles. The first-order chi connectivity index (χ1) is 13.7. The molecule has 2 aromatic rings. The van der Waals surface area contributed by atoms with E-state index in [0.717, 1.165) is 75.4 Å². The van der Waals surface area contributed by atoms with Gasteiger partial charge in [-0.25, -0.2) is 0 Å². The Morgan fingerprint density at radius 1 is 1.25 bits per heavy atom. The highest BCUT2D eigenvalue weighted by atomic mass is 16.3. The molecule has 0 bridgehead atoms. The monoisotopic (exact) mass is 384 g/mol. The van der Waals surface area contributed by atoms with E-state index in [0.29, 0.717) is 11.7 Å². The van der Waals surface area contributed by atoms with Gasteiger partial charge in [0, 0.05) is 36.9 Å². The first kappa shape index (κ1) is 19.2. The number of carbonyl (C=O) groups excluding carboxylic acids is 1. The lowest BCUT2D eigenvalue weighted by molar-refractivity contribution is 0.0753. The molecule has 0 aromatic carbocycles. The molecule has 1 aliphatic heterocycles. The lowest BCUT2D eigenvalue weighted by Crippen LogP contribution is -2.36. The number of rotatable bonds is 5. The van der Waals surface area contributed by atoms with Gasteiger partial charge in [-0.3, -0.25) is 9.48 Å². The summed E-state index contributed by atoms with van der Waals surface area (Å²) in [6.07, 6.45) is 7.56. The van der Waals surface area contributed by atoms with Gasteiger partial charge in [-0.15, -0.1) is 0 Å². The fourth-order valence-corrected chi connectivity index (χ4v) is 4.54. The quantitative estimate of drug-likeness (QED) is 0.857. The third-order valence-corrected chi connectivity index (χ3v) is 6.10. The third-order valence-electron chi connectivity index (χ3n) is 6.10. The molecule has 1 unspecified atom stereocenters. The van der Waals surface area contributed by atoms with Gasteiger partial charge in [0.05, 0.1) is 6.54 Å². The molecule has 1 saturated heterocycles. The minimum Gasteiger partial charge on any atom is -0.465 e. The molecular weight excluding hydrogens is 352 g/mol. The molecule has 1 atom stereocenters. The number of aromatic nitrogens is 2. The number of furan rings is 1. The average molecular weight is 385 g/mol. The molecule has 2 aromatic heterocycles. The van der Waals surface area contributed by atoms with Crippen LogP contribution in [0.2, 0.25) is 0 Å². The van der Waals surface area contributed by atoms with Crippen molar-refractivity contribution in [1.82, 2.24) is 20.0 Å². The molecule has 2 aliphatic rings. The van der Waals surface area contributed by atoms with Crippen LogP contribution in [0.1, 0.15) is 72.3 Å². The van der Waals surface area contributed by atoms with Crippen LogP contribution in [0.4, 0.5) is 0 Å². The lowest BCUT2D eigenvalue weighted by Gasteiger charge is -2.25. The van der Waals surface area contributed by atoms with Gasteiger partial charge < -0.3 is 14.6 Å². The zero-order chi connectivity index (χ0) is 19.5. The smallest absolute Gasteiger partial charge is 0.274 e.